The molecule has 5 nitrogen and oxygen atoms in total. The molecular formula is C25H31N3O2. The van der Waals surface area contributed by atoms with Crippen molar-refractivity contribution in [1.29, 1.82) is 0 Å². The molecule has 0 spiro atoms. The van der Waals surface area contributed by atoms with E-state index in [0.29, 0.717) is 5.88 Å². The average Bonchev–Trinajstić information content (AvgIpc) is 2.77. The van der Waals surface area contributed by atoms with Crippen LogP contribution in [0.5, 0.6) is 5.88 Å². The van der Waals surface area contributed by atoms with E-state index in [2.05, 4.69) is 29.0 Å². The molecule has 0 bridgehead atoms. The van der Waals surface area contributed by atoms with Gasteiger partial charge in [-0.1, -0.05) is 62.4 Å². The van der Waals surface area contributed by atoms with E-state index in [9.17, 15) is 4.79 Å². The zero-order valence-corrected chi connectivity index (χ0v) is 17.9. The van der Waals surface area contributed by atoms with E-state index in [-0.39, 0.29) is 6.04 Å². The van der Waals surface area contributed by atoms with E-state index < -0.39 is 6.09 Å². The molecule has 0 aliphatic heterocycles. The van der Waals surface area contributed by atoms with E-state index in [4.69, 9.17) is 4.74 Å². The minimum Gasteiger partial charge on any atom is -0.391 e. The van der Waals surface area contributed by atoms with Gasteiger partial charge in [-0.3, -0.25) is 0 Å². The molecule has 5 heteroatoms. The molecule has 0 saturated heterocycles. The van der Waals surface area contributed by atoms with Gasteiger partial charge in [0, 0.05) is 18.0 Å². The molecular weight excluding hydrogens is 374 g/mol. The summed E-state index contributed by atoms with van der Waals surface area (Å²) >= 11 is 0. The number of hydrogen-bond donors (Lipinski definition) is 1. The molecule has 1 aromatic heterocycles. The van der Waals surface area contributed by atoms with Crippen LogP contribution in [0.2, 0.25) is 0 Å². The lowest BCUT2D eigenvalue weighted by molar-refractivity contribution is 0.190. The summed E-state index contributed by atoms with van der Waals surface area (Å²) in [4.78, 5) is 19.5. The number of hydrogen-bond acceptors (Lipinski definition) is 4. The third kappa shape index (κ3) is 6.29. The number of fused-ring (bicyclic) bond motifs is 1. The minimum absolute atomic E-state index is 0.115. The van der Waals surface area contributed by atoms with Crippen LogP contribution in [0, 0.1) is 0 Å². The number of amides is 1. The van der Waals surface area contributed by atoms with Gasteiger partial charge >= 0.3 is 6.09 Å². The zero-order chi connectivity index (χ0) is 21.2. The van der Waals surface area contributed by atoms with Crippen molar-refractivity contribution in [1.82, 2.24) is 15.2 Å². The van der Waals surface area contributed by atoms with Crippen molar-refractivity contribution in [2.75, 3.05) is 19.6 Å². The van der Waals surface area contributed by atoms with E-state index >= 15 is 0 Å². The number of rotatable bonds is 10. The Morgan fingerprint density at radius 1 is 0.933 bits per heavy atom. The Morgan fingerprint density at radius 3 is 2.37 bits per heavy atom. The highest BCUT2D eigenvalue weighted by atomic mass is 16.6. The summed E-state index contributed by atoms with van der Waals surface area (Å²) in [7, 11) is 0. The molecule has 0 radical (unpaired) electrons. The number of ether oxygens (including phenoxy) is 1. The monoisotopic (exact) mass is 405 g/mol. The molecule has 1 N–H and O–H groups in total. The van der Waals surface area contributed by atoms with Crippen LogP contribution in [0.25, 0.3) is 10.9 Å². The van der Waals surface area contributed by atoms with Gasteiger partial charge in [-0.15, -0.1) is 0 Å². The van der Waals surface area contributed by atoms with Crippen LogP contribution >= 0.6 is 0 Å². The summed E-state index contributed by atoms with van der Waals surface area (Å²) in [6, 6.07) is 21.4. The van der Waals surface area contributed by atoms with Crippen molar-refractivity contribution in [3.8, 4) is 5.88 Å². The molecule has 0 aliphatic rings. The molecule has 1 heterocycles. The third-order valence-corrected chi connectivity index (χ3v) is 5.08. The van der Waals surface area contributed by atoms with Gasteiger partial charge in [-0.2, -0.15) is 0 Å². The summed E-state index contributed by atoms with van der Waals surface area (Å²) in [5.41, 5.74) is 1.88. The first-order chi connectivity index (χ1) is 14.7. The summed E-state index contributed by atoms with van der Waals surface area (Å²) in [6.07, 6.45) is 2.59. The smallest absolute Gasteiger partial charge is 0.391 e. The highest BCUT2D eigenvalue weighted by molar-refractivity contribution is 5.79. The Morgan fingerprint density at radius 2 is 1.63 bits per heavy atom. The second kappa shape index (κ2) is 11.3. The number of aromatic nitrogens is 1. The fourth-order valence-electron chi connectivity index (χ4n) is 3.66. The quantitative estimate of drug-likeness (QED) is 0.479. The standard InChI is InChI=1S/C25H31N3O2/c1-3-17-28(18-4-2)19-16-23(20-10-6-5-7-11-20)27-25(29)30-24-15-14-21-12-8-9-13-22(21)26-24/h5-15,23H,3-4,16-19H2,1-2H3,(H,27,29). The van der Waals surface area contributed by atoms with Crippen LogP contribution in [-0.2, 0) is 0 Å². The zero-order valence-electron chi connectivity index (χ0n) is 17.9. The van der Waals surface area contributed by atoms with Crippen molar-refractivity contribution < 1.29 is 9.53 Å². The van der Waals surface area contributed by atoms with E-state index in [1.165, 1.54) is 0 Å². The summed E-state index contributed by atoms with van der Waals surface area (Å²) in [5.74, 6) is 0.302. The van der Waals surface area contributed by atoms with E-state index in [1.807, 2.05) is 60.7 Å². The van der Waals surface area contributed by atoms with Crippen molar-refractivity contribution in [2.45, 2.75) is 39.2 Å². The number of carbonyl (C=O) groups is 1. The molecule has 3 rings (SSSR count). The number of nitrogens with one attached hydrogen (secondary N) is 1. The third-order valence-electron chi connectivity index (χ3n) is 5.08. The molecule has 1 amide bonds. The molecule has 1 atom stereocenters. The lowest BCUT2D eigenvalue weighted by Crippen LogP contribution is -2.35. The Labute approximate surface area is 179 Å². The van der Waals surface area contributed by atoms with E-state index in [1.54, 1.807) is 6.07 Å². The summed E-state index contributed by atoms with van der Waals surface area (Å²) < 4.78 is 5.50. The van der Waals surface area contributed by atoms with Gasteiger partial charge in [-0.05, 0) is 50.0 Å². The van der Waals surface area contributed by atoms with Crippen LogP contribution in [0.4, 0.5) is 4.79 Å². The Hall–Kier alpha value is -2.92. The molecule has 2 aromatic carbocycles. The summed E-state index contributed by atoms with van der Waals surface area (Å²) in [6.45, 7) is 7.46. The predicted octanol–water partition coefficient (Wildman–Crippen LogP) is 5.58. The van der Waals surface area contributed by atoms with Gasteiger partial charge in [0.25, 0.3) is 0 Å². The molecule has 30 heavy (non-hydrogen) atoms. The fourth-order valence-corrected chi connectivity index (χ4v) is 3.66. The lowest BCUT2D eigenvalue weighted by atomic mass is 10.0. The molecule has 3 aromatic rings. The SMILES string of the molecule is CCCN(CCC)CCC(NC(=O)Oc1ccc2ccccc2n1)c1ccccc1. The lowest BCUT2D eigenvalue weighted by Gasteiger charge is -2.25. The van der Waals surface area contributed by atoms with Crippen LogP contribution in [0.15, 0.2) is 66.7 Å². The van der Waals surface area contributed by atoms with Crippen molar-refractivity contribution in [3.05, 3.63) is 72.3 Å². The van der Waals surface area contributed by atoms with Crippen LogP contribution < -0.4 is 10.1 Å². The van der Waals surface area contributed by atoms with Crippen LogP contribution in [0.3, 0.4) is 0 Å². The van der Waals surface area contributed by atoms with Crippen molar-refractivity contribution >= 4 is 17.0 Å². The first kappa shape index (κ1) is 21.8. The Kier molecular flexibility index (Phi) is 8.21. The van der Waals surface area contributed by atoms with Gasteiger partial charge < -0.3 is 15.0 Å². The topological polar surface area (TPSA) is 54.5 Å². The van der Waals surface area contributed by atoms with Crippen LogP contribution in [0.1, 0.15) is 44.7 Å². The number of benzene rings is 2. The van der Waals surface area contributed by atoms with Gasteiger partial charge in [0.15, 0.2) is 0 Å². The van der Waals surface area contributed by atoms with Gasteiger partial charge in [-0.25, -0.2) is 9.78 Å². The molecule has 0 aliphatic carbocycles. The van der Waals surface area contributed by atoms with Gasteiger partial charge in [0.1, 0.15) is 0 Å². The van der Waals surface area contributed by atoms with Crippen molar-refractivity contribution in [2.24, 2.45) is 0 Å². The Balaban J connectivity index is 1.67. The molecule has 1 unspecified atom stereocenters. The number of pyridine rings is 1. The average molecular weight is 406 g/mol. The van der Waals surface area contributed by atoms with Crippen LogP contribution in [-0.4, -0.2) is 35.6 Å². The second-order valence-corrected chi connectivity index (χ2v) is 7.47. The normalized spacial score (nSPS) is 12.1. The molecule has 0 saturated carbocycles. The highest BCUT2D eigenvalue weighted by Crippen LogP contribution is 2.19. The maximum atomic E-state index is 12.6. The van der Waals surface area contributed by atoms with Crippen molar-refractivity contribution in [3.63, 3.8) is 0 Å². The Bertz CT molecular complexity index is 924. The number of carbonyl (C=O) groups excluding carboxylic acids is 1. The minimum atomic E-state index is -0.482. The first-order valence-electron chi connectivity index (χ1n) is 10.8. The second-order valence-electron chi connectivity index (χ2n) is 7.47. The fraction of sp³-hybridized carbons (Fsp3) is 0.360. The largest absolute Gasteiger partial charge is 0.414 e. The maximum Gasteiger partial charge on any atom is 0.414 e. The predicted molar refractivity (Wildman–Crippen MR) is 122 cm³/mol. The molecule has 0 fully saturated rings. The van der Waals surface area contributed by atoms with E-state index in [0.717, 1.165) is 55.4 Å². The molecule has 158 valence electrons. The first-order valence-corrected chi connectivity index (χ1v) is 10.8. The maximum absolute atomic E-state index is 12.6. The number of nitrogens with zero attached hydrogens (tertiary/aromatic N) is 2. The van der Waals surface area contributed by atoms with Gasteiger partial charge in [0.2, 0.25) is 5.88 Å². The highest BCUT2D eigenvalue weighted by Gasteiger charge is 2.17. The van der Waals surface area contributed by atoms with Gasteiger partial charge in [0.05, 0.1) is 11.6 Å². The number of para-hydroxylation sites is 1. The summed E-state index contributed by atoms with van der Waals surface area (Å²) in [5, 5.41) is 4.05.